The van der Waals surface area contributed by atoms with Gasteiger partial charge in [-0.15, -0.1) is 4.91 Å². The van der Waals surface area contributed by atoms with E-state index in [0.717, 1.165) is 0 Å². The summed E-state index contributed by atoms with van der Waals surface area (Å²) in [5, 5.41) is 11.8. The number of carbonyl (C=O) groups is 1. The fraction of sp³-hybridized carbons (Fsp3) is 0.100. The average molecular weight is 204 g/mol. The number of para-hydroxylation sites is 1. The van der Waals surface area contributed by atoms with Crippen molar-refractivity contribution >= 4 is 11.6 Å². The Labute approximate surface area is 85.6 Å². The summed E-state index contributed by atoms with van der Waals surface area (Å²) in [6.07, 6.45) is 0. The number of aliphatic hydroxyl groups excluding tert-OH is 1. The van der Waals surface area contributed by atoms with Crippen LogP contribution in [0.2, 0.25) is 0 Å². The lowest BCUT2D eigenvalue weighted by molar-refractivity contribution is -0.114. The number of benzene rings is 1. The molecule has 1 N–H and O–H groups in total. The van der Waals surface area contributed by atoms with Gasteiger partial charge in [-0.25, -0.2) is 0 Å². The van der Waals surface area contributed by atoms with Crippen LogP contribution in [0.3, 0.4) is 0 Å². The minimum absolute atomic E-state index is 0.00389. The first kappa shape index (κ1) is 9.39. The maximum absolute atomic E-state index is 11.6. The highest BCUT2D eigenvalue weighted by Crippen LogP contribution is 2.24. The molecule has 0 atom stereocenters. The van der Waals surface area contributed by atoms with Gasteiger partial charge in [0.25, 0.3) is 5.91 Å². The maximum atomic E-state index is 11.6. The number of aliphatic hydroxyl groups is 1. The van der Waals surface area contributed by atoms with Gasteiger partial charge in [0.1, 0.15) is 5.76 Å². The highest BCUT2D eigenvalue weighted by atomic mass is 16.3. The molecule has 2 rings (SSSR count). The summed E-state index contributed by atoms with van der Waals surface area (Å²) in [5.41, 5.74) is 0.228. The number of rotatable bonds is 2. The summed E-state index contributed by atoms with van der Waals surface area (Å²) in [6.45, 7) is 0.00389. The fourth-order valence-corrected chi connectivity index (χ4v) is 1.46. The monoisotopic (exact) mass is 204 g/mol. The maximum Gasteiger partial charge on any atom is 0.284 e. The summed E-state index contributed by atoms with van der Waals surface area (Å²) >= 11 is 0. The van der Waals surface area contributed by atoms with Crippen molar-refractivity contribution in [3.8, 4) is 0 Å². The van der Waals surface area contributed by atoms with Crippen LogP contribution in [0.1, 0.15) is 0 Å². The molecule has 0 saturated carbocycles. The van der Waals surface area contributed by atoms with Crippen LogP contribution in [0.5, 0.6) is 0 Å². The summed E-state index contributed by atoms with van der Waals surface area (Å²) in [5.74, 6) is -0.840. The Morgan fingerprint density at radius 1 is 1.27 bits per heavy atom. The van der Waals surface area contributed by atoms with Gasteiger partial charge in [0.05, 0.1) is 6.54 Å². The fourth-order valence-electron chi connectivity index (χ4n) is 1.46. The second-order valence-electron chi connectivity index (χ2n) is 3.11. The van der Waals surface area contributed by atoms with Crippen LogP contribution in [0.15, 0.2) is 47.0 Å². The smallest absolute Gasteiger partial charge is 0.284 e. The minimum atomic E-state index is -0.561. The van der Waals surface area contributed by atoms with Crippen LogP contribution in [0.25, 0.3) is 0 Å². The Morgan fingerprint density at radius 2 is 1.93 bits per heavy atom. The van der Waals surface area contributed by atoms with Crippen LogP contribution in [0, 0.1) is 4.91 Å². The van der Waals surface area contributed by atoms with Crippen LogP contribution in [0.4, 0.5) is 5.69 Å². The van der Waals surface area contributed by atoms with Crippen molar-refractivity contribution in [3.63, 3.8) is 0 Å². The van der Waals surface area contributed by atoms with Gasteiger partial charge in [-0.3, -0.25) is 9.69 Å². The standard InChI is InChI=1S/C10H8N2O3/c13-8-6-12(10(14)9(8)11-15)7-4-2-1-3-5-7/h1-5,13H,6H2. The van der Waals surface area contributed by atoms with E-state index in [1.807, 2.05) is 6.07 Å². The van der Waals surface area contributed by atoms with Gasteiger partial charge in [-0.1, -0.05) is 18.2 Å². The normalized spacial score (nSPS) is 16.0. The Bertz CT molecular complexity index is 439. The molecule has 1 amide bonds. The zero-order valence-corrected chi connectivity index (χ0v) is 7.75. The quantitative estimate of drug-likeness (QED) is 0.743. The van der Waals surface area contributed by atoms with Gasteiger partial charge < -0.3 is 5.11 Å². The van der Waals surface area contributed by atoms with Crippen molar-refractivity contribution in [2.75, 3.05) is 11.4 Å². The molecule has 0 radical (unpaired) electrons. The topological polar surface area (TPSA) is 70.0 Å². The van der Waals surface area contributed by atoms with Crippen LogP contribution in [-0.4, -0.2) is 17.6 Å². The molecule has 5 heteroatoms. The molecule has 76 valence electrons. The highest BCUT2D eigenvalue weighted by Gasteiger charge is 2.32. The second kappa shape index (κ2) is 3.53. The first-order chi connectivity index (χ1) is 7.24. The van der Waals surface area contributed by atoms with Crippen molar-refractivity contribution in [2.24, 2.45) is 5.18 Å². The van der Waals surface area contributed by atoms with Gasteiger partial charge in [-0.2, -0.15) is 0 Å². The van der Waals surface area contributed by atoms with E-state index in [2.05, 4.69) is 5.18 Å². The molecule has 0 aromatic heterocycles. The van der Waals surface area contributed by atoms with Gasteiger partial charge in [-0.05, 0) is 17.3 Å². The minimum Gasteiger partial charge on any atom is -0.508 e. The van der Waals surface area contributed by atoms with Crippen LogP contribution >= 0.6 is 0 Å². The zero-order chi connectivity index (χ0) is 10.8. The molecule has 0 aliphatic carbocycles. The van der Waals surface area contributed by atoms with Gasteiger partial charge in [0, 0.05) is 5.69 Å². The van der Waals surface area contributed by atoms with E-state index in [1.165, 1.54) is 4.90 Å². The summed E-state index contributed by atoms with van der Waals surface area (Å²) < 4.78 is 0. The number of nitroso groups, excluding NO2 is 1. The first-order valence-electron chi connectivity index (χ1n) is 4.36. The second-order valence-corrected chi connectivity index (χ2v) is 3.11. The van der Waals surface area contributed by atoms with Gasteiger partial charge in [0.15, 0.2) is 0 Å². The molecule has 1 aromatic rings. The lowest BCUT2D eigenvalue weighted by Crippen LogP contribution is -2.26. The molecule has 1 aliphatic rings. The Morgan fingerprint density at radius 3 is 2.47 bits per heavy atom. The molecule has 15 heavy (non-hydrogen) atoms. The molecule has 1 aliphatic heterocycles. The van der Waals surface area contributed by atoms with Crippen molar-refractivity contribution < 1.29 is 9.90 Å². The Hall–Kier alpha value is -2.17. The number of amides is 1. The number of hydrogen-bond donors (Lipinski definition) is 1. The third-order valence-corrected chi connectivity index (χ3v) is 2.19. The Balaban J connectivity index is 2.32. The third-order valence-electron chi connectivity index (χ3n) is 2.19. The predicted octanol–water partition coefficient (Wildman–Crippen LogP) is 1.57. The van der Waals surface area contributed by atoms with E-state index in [1.54, 1.807) is 24.3 Å². The molecule has 0 fully saturated rings. The zero-order valence-electron chi connectivity index (χ0n) is 7.75. The van der Waals surface area contributed by atoms with Crippen LogP contribution in [-0.2, 0) is 4.79 Å². The predicted molar refractivity (Wildman–Crippen MR) is 54.2 cm³/mol. The lowest BCUT2D eigenvalue weighted by atomic mass is 10.3. The largest absolute Gasteiger partial charge is 0.508 e. The number of hydrogen-bond acceptors (Lipinski definition) is 4. The summed E-state index contributed by atoms with van der Waals surface area (Å²) in [4.78, 5) is 23.1. The van der Waals surface area contributed by atoms with Crippen LogP contribution < -0.4 is 4.90 Å². The van der Waals surface area contributed by atoms with E-state index >= 15 is 0 Å². The molecular formula is C10H8N2O3. The summed E-state index contributed by atoms with van der Waals surface area (Å²) in [7, 11) is 0. The third kappa shape index (κ3) is 1.48. The lowest BCUT2D eigenvalue weighted by Gasteiger charge is -2.14. The van der Waals surface area contributed by atoms with E-state index < -0.39 is 11.6 Å². The molecule has 0 spiro atoms. The van der Waals surface area contributed by atoms with Crippen molar-refractivity contribution in [1.82, 2.24) is 0 Å². The SMILES string of the molecule is O=NC1=C(O)CN(c2ccccc2)C1=O. The molecule has 1 aromatic carbocycles. The van der Waals surface area contributed by atoms with E-state index in [-0.39, 0.29) is 12.3 Å². The molecule has 5 nitrogen and oxygen atoms in total. The summed E-state index contributed by atoms with van der Waals surface area (Å²) in [6, 6.07) is 8.80. The van der Waals surface area contributed by atoms with Crippen molar-refractivity contribution in [3.05, 3.63) is 46.7 Å². The Kier molecular flexibility index (Phi) is 2.21. The number of anilines is 1. The first-order valence-corrected chi connectivity index (χ1v) is 4.36. The van der Waals surface area contributed by atoms with E-state index in [0.29, 0.717) is 5.69 Å². The number of nitrogens with zero attached hydrogens (tertiary/aromatic N) is 2. The number of carbonyl (C=O) groups excluding carboxylic acids is 1. The average Bonchev–Trinajstić information content (AvgIpc) is 2.55. The molecular weight excluding hydrogens is 196 g/mol. The molecule has 0 bridgehead atoms. The molecule has 0 unspecified atom stereocenters. The van der Waals surface area contributed by atoms with Crippen molar-refractivity contribution in [1.29, 1.82) is 0 Å². The molecule has 1 heterocycles. The molecule has 0 saturated heterocycles. The van der Waals surface area contributed by atoms with Gasteiger partial charge >= 0.3 is 0 Å². The van der Waals surface area contributed by atoms with Crippen molar-refractivity contribution in [2.45, 2.75) is 0 Å². The van der Waals surface area contributed by atoms with E-state index in [4.69, 9.17) is 0 Å². The van der Waals surface area contributed by atoms with Gasteiger partial charge in [0.2, 0.25) is 5.70 Å². The highest BCUT2D eigenvalue weighted by molar-refractivity contribution is 6.08. The van der Waals surface area contributed by atoms with E-state index in [9.17, 15) is 14.8 Å².